The lowest BCUT2D eigenvalue weighted by molar-refractivity contribution is -0.137. The number of hydrogen-bond donors (Lipinski definition) is 0. The second-order valence-electron chi connectivity index (χ2n) is 5.04. The summed E-state index contributed by atoms with van der Waals surface area (Å²) in [7, 11) is 1.77. The molecule has 1 aliphatic rings. The number of rotatable bonds is 8. The van der Waals surface area contributed by atoms with Gasteiger partial charge in [0, 0.05) is 26.2 Å². The Morgan fingerprint density at radius 2 is 1.71 bits per heavy atom. The van der Waals surface area contributed by atoms with Crippen LogP contribution in [0.25, 0.3) is 0 Å². The number of ether oxygens (including phenoxy) is 1. The van der Waals surface area contributed by atoms with Crippen molar-refractivity contribution in [3.05, 3.63) is 25.3 Å². The van der Waals surface area contributed by atoms with Crippen molar-refractivity contribution < 1.29 is 14.3 Å². The number of carbonyl (C=O) groups excluding carboxylic acids is 2. The molecule has 118 valence electrons. The third-order valence-electron chi connectivity index (χ3n) is 3.23. The van der Waals surface area contributed by atoms with Gasteiger partial charge in [-0.2, -0.15) is 0 Å². The summed E-state index contributed by atoms with van der Waals surface area (Å²) in [5.41, 5.74) is 0. The van der Waals surface area contributed by atoms with Crippen molar-refractivity contribution in [2.24, 2.45) is 0 Å². The van der Waals surface area contributed by atoms with Gasteiger partial charge in [-0.1, -0.05) is 12.2 Å². The average molecular weight is 295 g/mol. The van der Waals surface area contributed by atoms with Crippen LogP contribution in [0.4, 0.5) is 0 Å². The van der Waals surface area contributed by atoms with Crippen LogP contribution in [-0.2, 0) is 14.3 Å². The van der Waals surface area contributed by atoms with Crippen LogP contribution in [0.15, 0.2) is 25.3 Å². The van der Waals surface area contributed by atoms with Crippen LogP contribution in [0.1, 0.15) is 0 Å². The van der Waals surface area contributed by atoms with Gasteiger partial charge in [-0.15, -0.1) is 13.2 Å². The summed E-state index contributed by atoms with van der Waals surface area (Å²) in [6, 6.07) is 0. The van der Waals surface area contributed by atoms with Crippen molar-refractivity contribution in [2.45, 2.75) is 0 Å². The molecule has 0 atom stereocenters. The average Bonchev–Trinajstić information content (AvgIpc) is 2.47. The summed E-state index contributed by atoms with van der Waals surface area (Å²) in [6.45, 7) is 11.1. The molecule has 6 heteroatoms. The highest BCUT2D eigenvalue weighted by atomic mass is 16.5. The SMILES string of the molecule is C=CCN(CC=C)C(=O)CN(C)CC(=O)N1CCOCC1. The van der Waals surface area contributed by atoms with Crippen molar-refractivity contribution >= 4 is 11.8 Å². The zero-order chi connectivity index (χ0) is 15.7. The zero-order valence-electron chi connectivity index (χ0n) is 12.8. The van der Waals surface area contributed by atoms with Crippen molar-refractivity contribution in [3.8, 4) is 0 Å². The maximum atomic E-state index is 12.1. The Morgan fingerprint density at radius 3 is 2.24 bits per heavy atom. The summed E-state index contributed by atoms with van der Waals surface area (Å²) in [4.78, 5) is 29.4. The van der Waals surface area contributed by atoms with E-state index >= 15 is 0 Å². The predicted octanol–water partition coefficient (Wildman–Crippen LogP) is -0.0224. The first kappa shape index (κ1) is 17.4. The molecule has 21 heavy (non-hydrogen) atoms. The first-order valence-corrected chi connectivity index (χ1v) is 7.12. The molecule has 0 N–H and O–H groups in total. The fourth-order valence-corrected chi connectivity index (χ4v) is 2.12. The monoisotopic (exact) mass is 295 g/mol. The summed E-state index contributed by atoms with van der Waals surface area (Å²) in [6.07, 6.45) is 3.36. The van der Waals surface area contributed by atoms with E-state index in [9.17, 15) is 9.59 Å². The number of morpholine rings is 1. The molecule has 0 bridgehead atoms. The number of nitrogens with zero attached hydrogens (tertiary/aromatic N) is 3. The van der Waals surface area contributed by atoms with Gasteiger partial charge in [0.05, 0.1) is 26.3 Å². The lowest BCUT2D eigenvalue weighted by Crippen LogP contribution is -2.47. The van der Waals surface area contributed by atoms with Crippen LogP contribution in [-0.4, -0.2) is 86.0 Å². The topological polar surface area (TPSA) is 53.1 Å². The van der Waals surface area contributed by atoms with E-state index in [-0.39, 0.29) is 24.9 Å². The van der Waals surface area contributed by atoms with Gasteiger partial charge < -0.3 is 14.5 Å². The van der Waals surface area contributed by atoms with Crippen LogP contribution in [0.5, 0.6) is 0 Å². The predicted molar refractivity (Wildman–Crippen MR) is 81.9 cm³/mol. The van der Waals surface area contributed by atoms with Crippen LogP contribution in [0.2, 0.25) is 0 Å². The highest BCUT2D eigenvalue weighted by molar-refractivity contribution is 5.81. The van der Waals surface area contributed by atoms with E-state index in [1.165, 1.54) is 0 Å². The van der Waals surface area contributed by atoms with E-state index in [1.807, 2.05) is 0 Å². The molecular weight excluding hydrogens is 270 g/mol. The fourth-order valence-electron chi connectivity index (χ4n) is 2.12. The van der Waals surface area contributed by atoms with Crippen molar-refractivity contribution in [2.75, 3.05) is 59.5 Å². The summed E-state index contributed by atoms with van der Waals surface area (Å²) in [5.74, 6) is -0.000307. The molecule has 0 unspecified atom stereocenters. The third-order valence-corrected chi connectivity index (χ3v) is 3.23. The molecule has 0 radical (unpaired) electrons. The maximum absolute atomic E-state index is 12.1. The minimum absolute atomic E-state index is 0.0348. The quantitative estimate of drug-likeness (QED) is 0.591. The number of hydrogen-bond acceptors (Lipinski definition) is 4. The van der Waals surface area contributed by atoms with Gasteiger partial charge in [-0.05, 0) is 7.05 Å². The first-order chi connectivity index (χ1) is 10.1. The molecule has 1 fully saturated rings. The maximum Gasteiger partial charge on any atom is 0.237 e. The second-order valence-corrected chi connectivity index (χ2v) is 5.04. The lowest BCUT2D eigenvalue weighted by atomic mass is 10.3. The largest absolute Gasteiger partial charge is 0.378 e. The first-order valence-electron chi connectivity index (χ1n) is 7.12. The molecule has 1 aliphatic heterocycles. The molecule has 0 aliphatic carbocycles. The Balaban J connectivity index is 2.41. The second kappa shape index (κ2) is 9.31. The minimum Gasteiger partial charge on any atom is -0.378 e. The molecule has 0 spiro atoms. The van der Waals surface area contributed by atoms with E-state index < -0.39 is 0 Å². The molecule has 0 aromatic heterocycles. The number of likely N-dealkylation sites (N-methyl/N-ethyl adjacent to an activating group) is 1. The van der Waals surface area contributed by atoms with Crippen molar-refractivity contribution in [1.29, 1.82) is 0 Å². The van der Waals surface area contributed by atoms with Gasteiger partial charge in [0.15, 0.2) is 0 Å². The Kier molecular flexibility index (Phi) is 7.71. The molecule has 6 nitrogen and oxygen atoms in total. The van der Waals surface area contributed by atoms with Gasteiger partial charge >= 0.3 is 0 Å². The van der Waals surface area contributed by atoms with Gasteiger partial charge in [0.2, 0.25) is 11.8 Å². The van der Waals surface area contributed by atoms with Crippen LogP contribution < -0.4 is 0 Å². The summed E-state index contributed by atoms with van der Waals surface area (Å²) in [5, 5.41) is 0. The highest BCUT2D eigenvalue weighted by Crippen LogP contribution is 2.00. The van der Waals surface area contributed by atoms with Crippen molar-refractivity contribution in [3.63, 3.8) is 0 Å². The molecule has 1 heterocycles. The Morgan fingerprint density at radius 1 is 1.14 bits per heavy atom. The smallest absolute Gasteiger partial charge is 0.237 e. The number of carbonyl (C=O) groups is 2. The van der Waals surface area contributed by atoms with Crippen LogP contribution >= 0.6 is 0 Å². The summed E-state index contributed by atoms with van der Waals surface area (Å²) < 4.78 is 5.22. The summed E-state index contributed by atoms with van der Waals surface area (Å²) >= 11 is 0. The molecule has 1 saturated heterocycles. The minimum atomic E-state index is -0.0351. The van der Waals surface area contributed by atoms with Gasteiger partial charge in [-0.3, -0.25) is 14.5 Å². The lowest BCUT2D eigenvalue weighted by Gasteiger charge is -2.29. The van der Waals surface area contributed by atoms with Gasteiger partial charge in [-0.25, -0.2) is 0 Å². The standard InChI is InChI=1S/C15H25N3O3/c1-4-6-17(7-5-2)14(19)12-16(3)13-15(20)18-8-10-21-11-9-18/h4-5H,1-2,6-13H2,3H3. The molecule has 1 rings (SSSR count). The zero-order valence-corrected chi connectivity index (χ0v) is 12.8. The Hall–Kier alpha value is -1.66. The van der Waals surface area contributed by atoms with E-state index in [4.69, 9.17) is 4.74 Å². The molecule has 0 aromatic carbocycles. The molecular formula is C15H25N3O3. The highest BCUT2D eigenvalue weighted by Gasteiger charge is 2.20. The third kappa shape index (κ3) is 6.10. The van der Waals surface area contributed by atoms with E-state index in [1.54, 1.807) is 33.9 Å². The van der Waals surface area contributed by atoms with Crippen LogP contribution in [0, 0.1) is 0 Å². The van der Waals surface area contributed by atoms with Crippen LogP contribution in [0.3, 0.4) is 0 Å². The molecule has 0 saturated carbocycles. The van der Waals surface area contributed by atoms with Gasteiger partial charge in [0.1, 0.15) is 0 Å². The van der Waals surface area contributed by atoms with Gasteiger partial charge in [0.25, 0.3) is 0 Å². The van der Waals surface area contributed by atoms with E-state index in [0.29, 0.717) is 39.4 Å². The molecule has 2 amide bonds. The van der Waals surface area contributed by atoms with E-state index in [0.717, 1.165) is 0 Å². The van der Waals surface area contributed by atoms with Crippen molar-refractivity contribution in [1.82, 2.24) is 14.7 Å². The normalized spacial score (nSPS) is 14.9. The number of amides is 2. The fraction of sp³-hybridized carbons (Fsp3) is 0.600. The Bertz CT molecular complexity index is 368. The molecule has 0 aromatic rings. The Labute approximate surface area is 126 Å². The van der Waals surface area contributed by atoms with E-state index in [2.05, 4.69) is 13.2 Å².